The van der Waals surface area contributed by atoms with Gasteiger partial charge in [-0.2, -0.15) is 0 Å². The molecule has 0 radical (unpaired) electrons. The van der Waals surface area contributed by atoms with Crippen LogP contribution in [0.15, 0.2) is 54.1 Å². The third-order valence-corrected chi connectivity index (χ3v) is 15.4. The maximum absolute atomic E-state index is 14.7. The zero-order chi connectivity index (χ0) is 49.5. The quantitative estimate of drug-likeness (QED) is 0.135. The number of cyclic esters (lactones) is 1. The molecule has 6 bridgehead atoms. The Morgan fingerprint density at radius 2 is 1.83 bits per heavy atom. The lowest BCUT2D eigenvalue weighted by Gasteiger charge is -2.54. The maximum atomic E-state index is 14.7. The fourth-order valence-corrected chi connectivity index (χ4v) is 11.6. The van der Waals surface area contributed by atoms with Crippen LogP contribution in [0.4, 0.5) is 4.79 Å². The van der Waals surface area contributed by atoms with E-state index in [0.29, 0.717) is 69.1 Å². The van der Waals surface area contributed by atoms with Crippen LogP contribution < -0.4 is 10.7 Å². The molecule has 370 valence electrons. The maximum Gasteiger partial charge on any atom is 0.324 e. The second-order valence-corrected chi connectivity index (χ2v) is 21.7. The van der Waals surface area contributed by atoms with Crippen molar-refractivity contribution in [3.8, 4) is 22.5 Å². The van der Waals surface area contributed by atoms with Gasteiger partial charge in [0.15, 0.2) is 0 Å². The van der Waals surface area contributed by atoms with Crippen molar-refractivity contribution in [1.82, 2.24) is 45.0 Å². The number of nitrogens with zero attached hydrogens (tertiary/aromatic N) is 7. The molecule has 4 aromatic rings. The summed E-state index contributed by atoms with van der Waals surface area (Å²) in [6, 6.07) is 7.43. The molecule has 3 fully saturated rings. The second kappa shape index (κ2) is 20.0. The van der Waals surface area contributed by atoms with Gasteiger partial charge in [0.05, 0.1) is 34.8 Å². The first-order chi connectivity index (χ1) is 32.8. The number of hydrogen-bond donors (Lipinski definition) is 2. The number of rotatable bonds is 9. The van der Waals surface area contributed by atoms with Crippen LogP contribution >= 0.6 is 11.3 Å². The number of ether oxygens (including phenoxy) is 2. The minimum Gasteiger partial charge on any atom is -0.464 e. The van der Waals surface area contributed by atoms with Gasteiger partial charge in [-0.1, -0.05) is 40.3 Å². The number of pyridine rings is 1. The smallest absolute Gasteiger partial charge is 0.324 e. The monoisotopic (exact) mass is 964 g/mol. The van der Waals surface area contributed by atoms with Crippen molar-refractivity contribution in [2.75, 3.05) is 53.5 Å². The molecule has 4 aliphatic rings. The molecule has 3 saturated heterocycles. The Balaban J connectivity index is 1.10. The molecular weight excluding hydrogens is 895 g/mol. The number of esters is 1. The van der Waals surface area contributed by atoms with Gasteiger partial charge in [0, 0.05) is 110 Å². The van der Waals surface area contributed by atoms with E-state index in [9.17, 15) is 24.0 Å². The van der Waals surface area contributed by atoms with Gasteiger partial charge in [0.2, 0.25) is 11.8 Å². The summed E-state index contributed by atoms with van der Waals surface area (Å²) in [4.78, 5) is 84.8. The summed E-state index contributed by atoms with van der Waals surface area (Å²) in [5, 5.41) is 8.18. The third kappa shape index (κ3) is 10.0. The van der Waals surface area contributed by atoms with E-state index in [0.717, 1.165) is 57.5 Å². The molecule has 69 heavy (non-hydrogen) atoms. The second-order valence-electron chi connectivity index (χ2n) is 20.8. The average Bonchev–Trinajstić information content (AvgIpc) is 3.92. The van der Waals surface area contributed by atoms with Crippen LogP contribution in [0.25, 0.3) is 33.4 Å². The van der Waals surface area contributed by atoms with Crippen LogP contribution in [-0.2, 0) is 48.0 Å². The van der Waals surface area contributed by atoms with Gasteiger partial charge in [0.1, 0.15) is 18.1 Å². The molecule has 5 amide bonds. The van der Waals surface area contributed by atoms with Gasteiger partial charge in [0.25, 0.3) is 5.91 Å². The van der Waals surface area contributed by atoms with E-state index in [1.807, 2.05) is 37.1 Å². The normalized spacial score (nSPS) is 21.3. The molecule has 0 aliphatic carbocycles. The fraction of sp³-hybridized carbons (Fsp3) is 0.558. The highest BCUT2D eigenvalue weighted by Crippen LogP contribution is 2.43. The van der Waals surface area contributed by atoms with Gasteiger partial charge in [-0.25, -0.2) is 15.2 Å². The number of likely N-dealkylation sites (N-methyl/N-ethyl adjacent to an activating group) is 1. The summed E-state index contributed by atoms with van der Waals surface area (Å²) in [6.07, 6.45) is 4.74. The summed E-state index contributed by atoms with van der Waals surface area (Å²) >= 11 is 1.42. The van der Waals surface area contributed by atoms with Gasteiger partial charge in [-0.3, -0.25) is 29.2 Å². The molecule has 0 saturated carbocycles. The van der Waals surface area contributed by atoms with Gasteiger partial charge in [-0.15, -0.1) is 11.3 Å². The Bertz CT molecular complexity index is 2620. The topological polar surface area (TPSA) is 172 Å². The number of hydrogen-bond acceptors (Lipinski definition) is 11. The zero-order valence-electron chi connectivity index (χ0n) is 41.7. The number of hydrazine groups is 1. The summed E-state index contributed by atoms with van der Waals surface area (Å²) in [5.41, 5.74) is 9.82. The van der Waals surface area contributed by atoms with Crippen molar-refractivity contribution in [3.05, 3.63) is 70.3 Å². The Hall–Kier alpha value is -5.65. The van der Waals surface area contributed by atoms with Crippen LogP contribution in [0.2, 0.25) is 0 Å². The minimum atomic E-state index is -1.07. The molecule has 17 heteroatoms. The molecule has 2 N–H and O–H groups in total. The van der Waals surface area contributed by atoms with Gasteiger partial charge < -0.3 is 34.1 Å². The molecule has 4 atom stereocenters. The van der Waals surface area contributed by atoms with Crippen molar-refractivity contribution >= 4 is 52.0 Å². The van der Waals surface area contributed by atoms with Crippen LogP contribution in [0.1, 0.15) is 96.5 Å². The zero-order valence-corrected chi connectivity index (χ0v) is 42.5. The Morgan fingerprint density at radius 3 is 2.51 bits per heavy atom. The van der Waals surface area contributed by atoms with E-state index >= 15 is 0 Å². The number of benzene rings is 1. The SMILES string of the molecule is C=C(C)C(=O)N1CC2(CCN(C(=O)N(C)[C@H](C(=O)N[C@H]3Cc4nc(cs4)-c4ccc5c(c4)c(c(-c4cccnc4[C@H](C)OC)n5CC)CC(C)(C)COC(=O)[C@@H]4CCCN(N4)C3=O)C(C)C)CC2)C1. The van der Waals surface area contributed by atoms with E-state index in [2.05, 4.69) is 66.9 Å². The number of amides is 5. The molecule has 7 heterocycles. The number of likely N-dealkylation sites (tertiary alicyclic amines) is 2. The van der Waals surface area contributed by atoms with Crippen LogP contribution in [0, 0.1) is 16.7 Å². The van der Waals surface area contributed by atoms with E-state index in [-0.39, 0.29) is 42.4 Å². The number of urea groups is 1. The number of aryl methyl sites for hydroxylation is 1. The average molecular weight is 964 g/mol. The number of carbonyl (C=O) groups is 5. The number of nitrogens with one attached hydrogen (secondary N) is 2. The summed E-state index contributed by atoms with van der Waals surface area (Å²) in [5.74, 6) is -1.64. The molecule has 16 nitrogen and oxygen atoms in total. The van der Waals surface area contributed by atoms with Crippen LogP contribution in [-0.4, -0.2) is 136 Å². The number of thiazole rings is 1. The predicted molar refractivity (Wildman–Crippen MR) is 266 cm³/mol. The molecule has 4 aliphatic heterocycles. The summed E-state index contributed by atoms with van der Waals surface area (Å²) < 4.78 is 14.3. The van der Waals surface area contributed by atoms with E-state index in [1.165, 1.54) is 21.2 Å². The number of aromatic nitrogens is 3. The molecular formula is C52H69N9O7S. The lowest BCUT2D eigenvalue weighted by atomic mass is 9.72. The van der Waals surface area contributed by atoms with Gasteiger partial charge in [-0.05, 0) is 88.6 Å². The van der Waals surface area contributed by atoms with Crippen molar-refractivity contribution in [3.63, 3.8) is 0 Å². The highest BCUT2D eigenvalue weighted by Gasteiger charge is 2.48. The van der Waals surface area contributed by atoms with Crippen molar-refractivity contribution < 1.29 is 33.4 Å². The first kappa shape index (κ1) is 49.8. The number of fused-ring (bicyclic) bond motifs is 6. The van der Waals surface area contributed by atoms with E-state index in [4.69, 9.17) is 19.4 Å². The summed E-state index contributed by atoms with van der Waals surface area (Å²) in [7, 11) is 3.33. The standard InChI is InChI=1S/C52H69N9O7S/c1-11-60-41-17-16-34-24-36(41)37(45(60)35-14-12-20-53-43(35)33(6)67-10)26-51(7,8)30-68-49(65)38-15-13-21-61(56-38)48(64)39(25-42-54-40(34)27-69-42)55-46(62)44(31(2)3)57(9)50(66)58-22-18-52(19-23-58)28-59(29-52)47(63)32(4)5/h12,14,16-17,20,24,27,31,33,38-39,44,56H,4,11,13,15,18-19,21-23,25-26,28-30H2,1-3,5-10H3,(H,55,62)/t33-,38-,39-,44-/m0/s1. The fourth-order valence-electron chi connectivity index (χ4n) is 10.8. The van der Waals surface area contributed by atoms with Crippen molar-refractivity contribution in [2.45, 2.75) is 118 Å². The summed E-state index contributed by atoms with van der Waals surface area (Å²) in [6.45, 7) is 21.1. The first-order valence-corrected chi connectivity index (χ1v) is 25.3. The van der Waals surface area contributed by atoms with Crippen molar-refractivity contribution in [2.24, 2.45) is 16.7 Å². The van der Waals surface area contributed by atoms with Crippen molar-refractivity contribution in [1.29, 1.82) is 0 Å². The molecule has 1 spiro atoms. The van der Waals surface area contributed by atoms with E-state index in [1.54, 1.807) is 32.2 Å². The van der Waals surface area contributed by atoms with Crippen LogP contribution in [0.3, 0.4) is 0 Å². The van der Waals surface area contributed by atoms with E-state index < -0.39 is 41.3 Å². The molecule has 1 aromatic carbocycles. The first-order valence-electron chi connectivity index (χ1n) is 24.4. The number of carbonyl (C=O) groups excluding carboxylic acids is 5. The van der Waals surface area contributed by atoms with Gasteiger partial charge >= 0.3 is 12.0 Å². The Labute approximate surface area is 409 Å². The van der Waals surface area contributed by atoms with Crippen LogP contribution in [0.5, 0.6) is 0 Å². The third-order valence-electron chi connectivity index (χ3n) is 14.6. The predicted octanol–water partition coefficient (Wildman–Crippen LogP) is 6.78. The lowest BCUT2D eigenvalue weighted by molar-refractivity contribution is -0.155. The highest BCUT2D eigenvalue weighted by molar-refractivity contribution is 7.10. The molecule has 3 aromatic heterocycles. The number of methoxy groups -OCH3 is 1. The lowest BCUT2D eigenvalue weighted by Crippen LogP contribution is -2.64. The Kier molecular flexibility index (Phi) is 14.4. The molecule has 8 rings (SSSR count). The molecule has 0 unspecified atom stereocenters. The Morgan fingerprint density at radius 1 is 1.09 bits per heavy atom. The minimum absolute atomic E-state index is 0.0168. The highest BCUT2D eigenvalue weighted by atomic mass is 32.1. The number of piperidine rings is 1. The largest absolute Gasteiger partial charge is 0.464 e.